The number of aromatic nitrogens is 1. The van der Waals surface area contributed by atoms with Crippen LogP contribution in [0.1, 0.15) is 88.4 Å². The fourth-order valence-corrected chi connectivity index (χ4v) is 6.52. The number of carbonyl (C=O) groups is 5. The maximum atomic E-state index is 14.3. The zero-order valence-electron chi connectivity index (χ0n) is 28.8. The number of fused-ring (bicyclic) bond motifs is 2. The van der Waals surface area contributed by atoms with Crippen LogP contribution in [0.2, 0.25) is 0 Å². The van der Waals surface area contributed by atoms with Crippen molar-refractivity contribution in [2.75, 3.05) is 14.1 Å². The molecule has 6 atom stereocenters. The highest BCUT2D eigenvalue weighted by molar-refractivity contribution is 7.09. The lowest BCUT2D eigenvalue weighted by Crippen LogP contribution is -2.58. The molecule has 2 bridgehead atoms. The van der Waals surface area contributed by atoms with E-state index < -0.39 is 71.7 Å². The lowest BCUT2D eigenvalue weighted by atomic mass is 9.96. The second-order valence-electron chi connectivity index (χ2n) is 13.0. The monoisotopic (exact) mass is 671 g/mol. The van der Waals surface area contributed by atoms with Crippen LogP contribution < -0.4 is 10.6 Å². The second kappa shape index (κ2) is 16.2. The minimum absolute atomic E-state index is 0.0543. The highest BCUT2D eigenvalue weighted by Crippen LogP contribution is 2.24. The van der Waals surface area contributed by atoms with Gasteiger partial charge in [-0.1, -0.05) is 53.2 Å². The summed E-state index contributed by atoms with van der Waals surface area (Å²) >= 11 is 1.23. The Morgan fingerprint density at radius 2 is 1.57 bits per heavy atom. The minimum atomic E-state index is -1.22. The van der Waals surface area contributed by atoms with E-state index in [1.54, 1.807) is 45.2 Å². The van der Waals surface area contributed by atoms with Gasteiger partial charge in [-0.2, -0.15) is 0 Å². The van der Waals surface area contributed by atoms with Gasteiger partial charge in [0.15, 0.2) is 6.10 Å². The van der Waals surface area contributed by atoms with Crippen molar-refractivity contribution in [2.24, 2.45) is 17.8 Å². The third kappa shape index (κ3) is 9.09. The van der Waals surface area contributed by atoms with Crippen LogP contribution in [0.15, 0.2) is 29.6 Å². The van der Waals surface area contributed by atoms with Gasteiger partial charge in [0.25, 0.3) is 11.8 Å². The van der Waals surface area contributed by atoms with E-state index in [0.29, 0.717) is 23.4 Å². The van der Waals surface area contributed by atoms with Crippen molar-refractivity contribution in [3.8, 4) is 5.75 Å². The molecule has 3 N–H and O–H groups in total. The fraction of sp³-hybridized carbons (Fsp3) is 0.588. The largest absolute Gasteiger partial charge is 0.508 e. The van der Waals surface area contributed by atoms with Gasteiger partial charge >= 0.3 is 5.97 Å². The molecule has 1 aliphatic heterocycles. The van der Waals surface area contributed by atoms with Crippen LogP contribution in [0, 0.1) is 17.8 Å². The third-order valence-corrected chi connectivity index (χ3v) is 9.63. The predicted octanol–water partition coefficient (Wildman–Crippen LogP) is 3.69. The smallest absolute Gasteiger partial charge is 0.311 e. The lowest BCUT2D eigenvalue weighted by Gasteiger charge is -2.37. The lowest BCUT2D eigenvalue weighted by molar-refractivity contribution is -0.168. The molecule has 0 aliphatic carbocycles. The molecule has 12 nitrogen and oxygen atoms in total. The molecule has 0 saturated heterocycles. The second-order valence-corrected chi connectivity index (χ2v) is 13.9. The minimum Gasteiger partial charge on any atom is -0.508 e. The highest BCUT2D eigenvalue weighted by atomic mass is 32.1. The quantitative estimate of drug-likeness (QED) is 0.393. The summed E-state index contributed by atoms with van der Waals surface area (Å²) in [4.78, 5) is 76.1. The maximum absolute atomic E-state index is 14.3. The van der Waals surface area contributed by atoms with E-state index in [1.807, 2.05) is 20.8 Å². The Balaban J connectivity index is 2.13. The van der Waals surface area contributed by atoms with Crippen LogP contribution in [0.3, 0.4) is 0 Å². The van der Waals surface area contributed by atoms with Gasteiger partial charge in [0.05, 0.1) is 12.0 Å². The molecule has 0 radical (unpaired) electrons. The molecule has 1 aromatic heterocycles. The summed E-state index contributed by atoms with van der Waals surface area (Å²) in [5.41, 5.74) is 0.837. The molecule has 258 valence electrons. The number of likely N-dealkylation sites (N-methyl/N-ethyl adjacent to an activating group) is 2. The molecule has 4 amide bonds. The van der Waals surface area contributed by atoms with Crippen molar-refractivity contribution < 1.29 is 33.8 Å². The number of phenols is 1. The number of esters is 1. The molecular formula is C34H49N5O7S. The molecule has 0 saturated carbocycles. The number of ether oxygens (including phenoxy) is 1. The Bertz CT molecular complexity index is 1430. The van der Waals surface area contributed by atoms with Crippen LogP contribution in [0.25, 0.3) is 0 Å². The van der Waals surface area contributed by atoms with Gasteiger partial charge in [-0.15, -0.1) is 11.3 Å². The molecule has 2 aromatic rings. The molecule has 1 aromatic carbocycles. The van der Waals surface area contributed by atoms with Crippen molar-refractivity contribution in [1.82, 2.24) is 25.4 Å². The summed E-state index contributed by atoms with van der Waals surface area (Å²) in [5.74, 6) is -4.06. The normalized spacial score (nSPS) is 25.6. The molecular weight excluding hydrogens is 622 g/mol. The first-order chi connectivity index (χ1) is 22.1. The van der Waals surface area contributed by atoms with Gasteiger partial charge in [-0.3, -0.25) is 24.0 Å². The Morgan fingerprint density at radius 1 is 0.936 bits per heavy atom. The van der Waals surface area contributed by atoms with E-state index in [1.165, 1.54) is 47.4 Å². The molecule has 2 heterocycles. The van der Waals surface area contributed by atoms with Crippen molar-refractivity contribution >= 4 is 40.9 Å². The Morgan fingerprint density at radius 3 is 2.15 bits per heavy atom. The van der Waals surface area contributed by atoms with E-state index in [-0.39, 0.29) is 23.8 Å². The number of aromatic hydroxyl groups is 1. The van der Waals surface area contributed by atoms with Crippen LogP contribution in [-0.4, -0.2) is 87.8 Å². The van der Waals surface area contributed by atoms with Crippen molar-refractivity contribution in [3.63, 3.8) is 0 Å². The number of phenolic OH excluding ortho intramolecular Hbond substituents is 1. The molecule has 0 fully saturated rings. The average Bonchev–Trinajstić information content (AvgIpc) is 3.52. The fourth-order valence-electron chi connectivity index (χ4n) is 5.72. The summed E-state index contributed by atoms with van der Waals surface area (Å²) < 4.78 is 5.86. The van der Waals surface area contributed by atoms with Crippen molar-refractivity contribution in [2.45, 2.75) is 98.0 Å². The van der Waals surface area contributed by atoms with Crippen molar-refractivity contribution in [1.29, 1.82) is 0 Å². The first-order valence-electron chi connectivity index (χ1n) is 16.2. The first-order valence-corrected chi connectivity index (χ1v) is 17.0. The number of nitrogens with zero attached hydrogens (tertiary/aromatic N) is 3. The van der Waals surface area contributed by atoms with E-state index >= 15 is 0 Å². The first kappa shape index (κ1) is 37.5. The number of nitrogens with one attached hydrogen (secondary N) is 2. The number of hydrogen-bond donors (Lipinski definition) is 3. The number of amides is 4. The van der Waals surface area contributed by atoms with Gasteiger partial charge in [-0.05, 0) is 49.8 Å². The van der Waals surface area contributed by atoms with E-state index in [2.05, 4.69) is 15.6 Å². The number of cyclic esters (lactones) is 1. The summed E-state index contributed by atoms with van der Waals surface area (Å²) in [6.07, 6.45) is 0.0181. The average molecular weight is 672 g/mol. The van der Waals surface area contributed by atoms with Crippen LogP contribution in [0.4, 0.5) is 0 Å². The van der Waals surface area contributed by atoms with E-state index in [4.69, 9.17) is 4.74 Å². The summed E-state index contributed by atoms with van der Waals surface area (Å²) in [5, 5.41) is 17.8. The SMILES string of the molecule is CCC[C@H]1NC(=O)c2csc(n2)[C@H](C)NC(=O)[C@H](C(C)C)N(C)C(=O)C(Cc2ccc(O)cc2)N(C)C(=O)[C@H](C(C)C)OC(=O)[C@H]1C. The van der Waals surface area contributed by atoms with Crippen LogP contribution in [-0.2, 0) is 30.3 Å². The summed E-state index contributed by atoms with van der Waals surface area (Å²) in [7, 11) is 3.02. The Hall–Kier alpha value is -4.00. The molecule has 3 rings (SSSR count). The zero-order chi connectivity index (χ0) is 35.2. The van der Waals surface area contributed by atoms with Gasteiger partial charge < -0.3 is 30.3 Å². The van der Waals surface area contributed by atoms with Crippen molar-refractivity contribution in [3.05, 3.63) is 45.9 Å². The molecule has 47 heavy (non-hydrogen) atoms. The topological polar surface area (TPSA) is 158 Å². The Kier molecular flexibility index (Phi) is 12.9. The zero-order valence-corrected chi connectivity index (χ0v) is 29.6. The maximum Gasteiger partial charge on any atom is 0.311 e. The molecule has 13 heteroatoms. The number of benzene rings is 1. The van der Waals surface area contributed by atoms with Gasteiger partial charge in [-0.25, -0.2) is 4.98 Å². The standard InChI is InChI=1S/C34H49N5O7S/c1-10-11-24-20(6)34(45)46-28(19(4)5)33(44)38(8)26(16-22-12-14-23(40)15-13-22)32(43)39(9)27(18(2)3)30(42)35-21(7)31-37-25(17-47-31)29(41)36-24/h12-15,17-21,24,26-28,40H,10-11,16H2,1-9H3,(H,35,42)(H,36,41)/t20-,21-,24+,26?,27-,28-/m0/s1. The van der Waals surface area contributed by atoms with Crippen LogP contribution >= 0.6 is 11.3 Å². The summed E-state index contributed by atoms with van der Waals surface area (Å²) in [6, 6.07) is 3.18. The Labute approximate surface area is 281 Å². The summed E-state index contributed by atoms with van der Waals surface area (Å²) in [6.45, 7) is 12.5. The van der Waals surface area contributed by atoms with Crippen LogP contribution in [0.5, 0.6) is 5.75 Å². The van der Waals surface area contributed by atoms with E-state index in [0.717, 1.165) is 0 Å². The van der Waals surface area contributed by atoms with Gasteiger partial charge in [0.1, 0.15) is 28.5 Å². The molecule has 1 unspecified atom stereocenters. The van der Waals surface area contributed by atoms with Gasteiger partial charge in [0, 0.05) is 31.9 Å². The van der Waals surface area contributed by atoms with E-state index in [9.17, 15) is 29.1 Å². The van der Waals surface area contributed by atoms with Gasteiger partial charge in [0.2, 0.25) is 11.8 Å². The number of thiazole rings is 1. The molecule has 0 spiro atoms. The molecule has 1 aliphatic rings. The number of hydrogen-bond acceptors (Lipinski definition) is 9. The predicted molar refractivity (Wildman–Crippen MR) is 178 cm³/mol. The highest BCUT2D eigenvalue weighted by Gasteiger charge is 2.41. The number of rotatable bonds is 6. The number of carbonyl (C=O) groups excluding carboxylic acids is 5. The third-order valence-electron chi connectivity index (χ3n) is 8.60.